The molecule has 0 saturated heterocycles. The van der Waals surface area contributed by atoms with E-state index in [4.69, 9.17) is 0 Å². The van der Waals surface area contributed by atoms with Gasteiger partial charge in [0.15, 0.2) is 0 Å². The summed E-state index contributed by atoms with van der Waals surface area (Å²) in [7, 11) is 0. The first-order valence-corrected chi connectivity index (χ1v) is 7.85. The number of benzene rings is 1. The Hall–Kier alpha value is -1.43. The van der Waals surface area contributed by atoms with E-state index in [0.717, 1.165) is 12.1 Å². The molecule has 0 heterocycles. The molecule has 0 aliphatic heterocycles. The number of carbonyl (C=O) groups is 1. The van der Waals surface area contributed by atoms with E-state index >= 15 is 0 Å². The number of carbonyl (C=O) groups excluding carboxylic acids is 1. The number of hydrogen-bond acceptors (Lipinski definition) is 2. The number of amides is 1. The van der Waals surface area contributed by atoms with Gasteiger partial charge in [-0.25, -0.2) is 0 Å². The summed E-state index contributed by atoms with van der Waals surface area (Å²) in [6.45, 7) is 6.60. The molecule has 1 aromatic rings. The van der Waals surface area contributed by atoms with Gasteiger partial charge in [-0.2, -0.15) is 13.2 Å². The van der Waals surface area contributed by atoms with E-state index in [1.54, 1.807) is 11.5 Å². The standard InChI is InChI=1S/C16H20F3NOS/c1-15(2,3)11-20-14(21)7-8-22-10-12-5-4-6-13(9-12)16(17,18)19/h4-9H,10-11H2,1-3H3,(H,20,21)/b8-7-. The van der Waals surface area contributed by atoms with Gasteiger partial charge in [0.05, 0.1) is 5.56 Å². The Morgan fingerprint density at radius 3 is 2.55 bits per heavy atom. The molecule has 0 saturated carbocycles. The quantitative estimate of drug-likeness (QED) is 0.798. The molecule has 0 aliphatic carbocycles. The van der Waals surface area contributed by atoms with Crippen molar-refractivity contribution in [3.8, 4) is 0 Å². The van der Waals surface area contributed by atoms with Crippen molar-refractivity contribution in [3.05, 3.63) is 46.9 Å². The Labute approximate surface area is 133 Å². The number of hydrogen-bond donors (Lipinski definition) is 1. The molecule has 1 rings (SSSR count). The first kappa shape index (κ1) is 18.6. The van der Waals surface area contributed by atoms with Gasteiger partial charge < -0.3 is 5.32 Å². The van der Waals surface area contributed by atoms with Gasteiger partial charge in [0.2, 0.25) is 5.91 Å². The average Bonchev–Trinajstić information content (AvgIpc) is 2.40. The minimum absolute atomic E-state index is 0.00861. The first-order valence-electron chi connectivity index (χ1n) is 6.80. The summed E-state index contributed by atoms with van der Waals surface area (Å²) in [6, 6.07) is 5.19. The molecule has 2 nitrogen and oxygen atoms in total. The Bertz CT molecular complexity index is 533. The molecule has 0 atom stereocenters. The molecule has 0 spiro atoms. The predicted octanol–water partition coefficient (Wildman–Crippen LogP) is 4.61. The van der Waals surface area contributed by atoms with Crippen LogP contribution in [0.4, 0.5) is 13.2 Å². The molecule has 1 N–H and O–H groups in total. The van der Waals surface area contributed by atoms with Crippen LogP contribution < -0.4 is 5.32 Å². The van der Waals surface area contributed by atoms with Crippen molar-refractivity contribution >= 4 is 17.7 Å². The maximum Gasteiger partial charge on any atom is 0.416 e. The average molecular weight is 331 g/mol. The van der Waals surface area contributed by atoms with Crippen LogP contribution in [0.2, 0.25) is 0 Å². The monoisotopic (exact) mass is 331 g/mol. The second kappa shape index (κ2) is 7.72. The normalized spacial score (nSPS) is 12.6. The maximum absolute atomic E-state index is 12.6. The van der Waals surface area contributed by atoms with Gasteiger partial charge in [0.25, 0.3) is 0 Å². The van der Waals surface area contributed by atoms with Crippen LogP contribution in [0.25, 0.3) is 0 Å². The lowest BCUT2D eigenvalue weighted by atomic mass is 9.97. The largest absolute Gasteiger partial charge is 0.416 e. The molecule has 1 amide bonds. The molecule has 122 valence electrons. The van der Waals surface area contributed by atoms with Crippen molar-refractivity contribution in [2.24, 2.45) is 5.41 Å². The van der Waals surface area contributed by atoms with E-state index in [1.807, 2.05) is 20.8 Å². The summed E-state index contributed by atoms with van der Waals surface area (Å²) < 4.78 is 37.7. The third kappa shape index (κ3) is 7.54. The fourth-order valence-electron chi connectivity index (χ4n) is 1.50. The van der Waals surface area contributed by atoms with Crippen LogP contribution in [-0.2, 0) is 16.7 Å². The number of alkyl halides is 3. The van der Waals surface area contributed by atoms with Gasteiger partial charge in [-0.1, -0.05) is 39.0 Å². The predicted molar refractivity (Wildman–Crippen MR) is 84.3 cm³/mol. The van der Waals surface area contributed by atoms with Crippen molar-refractivity contribution in [2.75, 3.05) is 6.54 Å². The third-order valence-electron chi connectivity index (χ3n) is 2.61. The zero-order valence-corrected chi connectivity index (χ0v) is 13.6. The minimum Gasteiger partial charge on any atom is -0.352 e. The van der Waals surface area contributed by atoms with E-state index in [9.17, 15) is 18.0 Å². The van der Waals surface area contributed by atoms with E-state index in [0.29, 0.717) is 17.9 Å². The highest BCUT2D eigenvalue weighted by Crippen LogP contribution is 2.30. The molecule has 0 aromatic heterocycles. The summed E-state index contributed by atoms with van der Waals surface area (Å²) >= 11 is 1.28. The van der Waals surface area contributed by atoms with Crippen LogP contribution in [0.3, 0.4) is 0 Å². The van der Waals surface area contributed by atoms with Crippen molar-refractivity contribution < 1.29 is 18.0 Å². The lowest BCUT2D eigenvalue weighted by Crippen LogP contribution is -2.30. The number of rotatable bonds is 5. The van der Waals surface area contributed by atoms with Gasteiger partial charge >= 0.3 is 6.18 Å². The zero-order chi connectivity index (χ0) is 16.8. The van der Waals surface area contributed by atoms with Gasteiger partial charge in [0.1, 0.15) is 0 Å². The van der Waals surface area contributed by atoms with Gasteiger partial charge in [0, 0.05) is 18.4 Å². The summed E-state index contributed by atoms with van der Waals surface area (Å²) in [5.74, 6) is 0.180. The lowest BCUT2D eigenvalue weighted by molar-refractivity contribution is -0.137. The second-order valence-electron chi connectivity index (χ2n) is 6.09. The Balaban J connectivity index is 2.44. The summed E-state index contributed by atoms with van der Waals surface area (Å²) in [4.78, 5) is 11.5. The number of nitrogens with one attached hydrogen (secondary N) is 1. The smallest absolute Gasteiger partial charge is 0.352 e. The molecule has 0 bridgehead atoms. The van der Waals surface area contributed by atoms with Gasteiger partial charge in [-0.15, -0.1) is 11.8 Å². The fraction of sp³-hybridized carbons (Fsp3) is 0.438. The Morgan fingerprint density at radius 1 is 1.27 bits per heavy atom. The highest BCUT2D eigenvalue weighted by atomic mass is 32.2. The highest BCUT2D eigenvalue weighted by molar-refractivity contribution is 8.01. The molecule has 0 radical (unpaired) electrons. The van der Waals surface area contributed by atoms with Crippen LogP contribution in [0.5, 0.6) is 0 Å². The molecule has 0 unspecified atom stereocenters. The van der Waals surface area contributed by atoms with E-state index in [1.165, 1.54) is 23.9 Å². The first-order chi connectivity index (χ1) is 10.1. The van der Waals surface area contributed by atoms with Crippen LogP contribution in [0, 0.1) is 5.41 Å². The van der Waals surface area contributed by atoms with Gasteiger partial charge in [-0.05, 0) is 22.5 Å². The van der Waals surface area contributed by atoms with Crippen molar-refractivity contribution in [2.45, 2.75) is 32.7 Å². The Kier molecular flexibility index (Phi) is 6.53. The molecular weight excluding hydrogens is 311 g/mol. The molecule has 0 fully saturated rings. The number of thioether (sulfide) groups is 1. The fourth-order valence-corrected chi connectivity index (χ4v) is 2.19. The summed E-state index contributed by atoms with van der Waals surface area (Å²) in [6.07, 6.45) is -2.94. The SMILES string of the molecule is CC(C)(C)CNC(=O)/C=C\SCc1cccc(C(F)(F)F)c1. The van der Waals surface area contributed by atoms with Crippen LogP contribution in [-0.4, -0.2) is 12.5 Å². The molecule has 6 heteroatoms. The zero-order valence-electron chi connectivity index (χ0n) is 12.8. The lowest BCUT2D eigenvalue weighted by Gasteiger charge is -2.17. The molecule has 1 aromatic carbocycles. The van der Waals surface area contributed by atoms with Crippen molar-refractivity contribution in [1.82, 2.24) is 5.32 Å². The molecule has 22 heavy (non-hydrogen) atoms. The van der Waals surface area contributed by atoms with E-state index in [2.05, 4.69) is 5.32 Å². The second-order valence-corrected chi connectivity index (χ2v) is 6.98. The summed E-state index contributed by atoms with van der Waals surface area (Å²) in [5.41, 5.74) is -0.0774. The highest BCUT2D eigenvalue weighted by Gasteiger charge is 2.30. The molecular formula is C16H20F3NOS. The van der Waals surface area contributed by atoms with Gasteiger partial charge in [-0.3, -0.25) is 4.79 Å². The van der Waals surface area contributed by atoms with Crippen LogP contribution >= 0.6 is 11.8 Å². The maximum atomic E-state index is 12.6. The summed E-state index contributed by atoms with van der Waals surface area (Å²) in [5, 5.41) is 4.36. The third-order valence-corrected chi connectivity index (χ3v) is 3.44. The minimum atomic E-state index is -4.33. The molecule has 0 aliphatic rings. The topological polar surface area (TPSA) is 29.1 Å². The van der Waals surface area contributed by atoms with E-state index < -0.39 is 11.7 Å². The van der Waals surface area contributed by atoms with Crippen LogP contribution in [0.15, 0.2) is 35.7 Å². The van der Waals surface area contributed by atoms with Crippen molar-refractivity contribution in [3.63, 3.8) is 0 Å². The Morgan fingerprint density at radius 2 is 1.95 bits per heavy atom. The van der Waals surface area contributed by atoms with E-state index in [-0.39, 0.29) is 11.3 Å². The van der Waals surface area contributed by atoms with Crippen LogP contribution in [0.1, 0.15) is 31.9 Å². The van der Waals surface area contributed by atoms with Crippen molar-refractivity contribution in [1.29, 1.82) is 0 Å². The number of halogens is 3.